The lowest BCUT2D eigenvalue weighted by Crippen LogP contribution is -2.55. The summed E-state index contributed by atoms with van der Waals surface area (Å²) < 4.78 is 6.35. The summed E-state index contributed by atoms with van der Waals surface area (Å²) in [5.74, 6) is 3.48. The Balaban J connectivity index is 1.43. The highest BCUT2D eigenvalue weighted by Gasteiger charge is 2.53. The minimum absolute atomic E-state index is 0.00438. The Labute approximate surface area is 164 Å². The Bertz CT molecular complexity index is 692. The number of hydrogen-bond acceptors (Lipinski definition) is 2. The van der Waals surface area contributed by atoms with E-state index >= 15 is 0 Å². The van der Waals surface area contributed by atoms with Crippen LogP contribution in [-0.2, 0) is 4.79 Å². The highest BCUT2D eigenvalue weighted by Crippen LogP contribution is 2.61. The average Bonchev–Trinajstić information content (AvgIpc) is 2.59. The van der Waals surface area contributed by atoms with Crippen molar-refractivity contribution in [2.24, 2.45) is 23.2 Å². The second-order valence-electron chi connectivity index (χ2n) is 8.73. The molecule has 1 N–H and O–H groups in total. The number of ether oxygens (including phenoxy) is 1. The molecule has 0 aromatic heterocycles. The van der Waals surface area contributed by atoms with Crippen LogP contribution < -0.4 is 10.1 Å². The molecule has 1 aromatic carbocycles. The van der Waals surface area contributed by atoms with Gasteiger partial charge < -0.3 is 10.1 Å². The van der Waals surface area contributed by atoms with Crippen molar-refractivity contribution in [2.75, 3.05) is 7.11 Å². The van der Waals surface area contributed by atoms with Gasteiger partial charge in [-0.2, -0.15) is 0 Å². The third-order valence-electron chi connectivity index (χ3n) is 6.97. The van der Waals surface area contributed by atoms with Crippen LogP contribution in [0.15, 0.2) is 28.7 Å². The number of amides is 1. The van der Waals surface area contributed by atoms with Crippen LogP contribution in [-0.4, -0.2) is 19.1 Å². The Morgan fingerprint density at radius 1 is 1.23 bits per heavy atom. The summed E-state index contributed by atoms with van der Waals surface area (Å²) in [6, 6.07) is 6.05. The minimum Gasteiger partial charge on any atom is -0.496 e. The summed E-state index contributed by atoms with van der Waals surface area (Å²) in [5.41, 5.74) is 1.24. The molecule has 4 aliphatic rings. The molecule has 4 fully saturated rings. The van der Waals surface area contributed by atoms with E-state index in [1.807, 2.05) is 24.3 Å². The number of carbonyl (C=O) groups excluding carboxylic acids is 1. The number of hydrogen-bond donors (Lipinski definition) is 1. The van der Waals surface area contributed by atoms with Crippen LogP contribution in [0.25, 0.3) is 6.08 Å². The van der Waals surface area contributed by atoms with E-state index in [1.165, 1.54) is 38.5 Å². The molecule has 0 saturated heterocycles. The quantitative estimate of drug-likeness (QED) is 0.669. The van der Waals surface area contributed by atoms with Crippen LogP contribution in [0.2, 0.25) is 0 Å². The first kappa shape index (κ1) is 18.1. The van der Waals surface area contributed by atoms with Gasteiger partial charge in [0.2, 0.25) is 5.91 Å². The fraction of sp³-hybridized carbons (Fsp3) is 0.591. The summed E-state index contributed by atoms with van der Waals surface area (Å²) in [4.78, 5) is 12.6. The molecule has 0 spiro atoms. The van der Waals surface area contributed by atoms with Crippen molar-refractivity contribution < 1.29 is 9.53 Å². The second kappa shape index (κ2) is 7.03. The standard InChI is InChI=1S/C22H28BrNO2/c1-14(22-11-15-7-16(12-22)9-17(8-15)13-22)24-21(25)6-3-18-10-19(23)4-5-20(18)26-2/h3-6,10,14-17H,7-9,11-13H2,1-2H3,(H,24,25)/b6-3+/t14-,15?,16?,17?,22?/m1/s1. The van der Waals surface area contributed by atoms with E-state index in [0.717, 1.165) is 33.5 Å². The number of halogens is 1. The molecule has 140 valence electrons. The highest BCUT2D eigenvalue weighted by molar-refractivity contribution is 9.10. The van der Waals surface area contributed by atoms with Gasteiger partial charge in [-0.05, 0) is 92.9 Å². The number of methoxy groups -OCH3 is 1. The monoisotopic (exact) mass is 417 g/mol. The van der Waals surface area contributed by atoms with Crippen LogP contribution >= 0.6 is 15.9 Å². The van der Waals surface area contributed by atoms with Crippen LogP contribution in [0.4, 0.5) is 0 Å². The topological polar surface area (TPSA) is 38.3 Å². The maximum absolute atomic E-state index is 12.6. The van der Waals surface area contributed by atoms with Crippen molar-refractivity contribution in [3.05, 3.63) is 34.3 Å². The van der Waals surface area contributed by atoms with E-state index in [2.05, 4.69) is 28.2 Å². The summed E-state index contributed by atoms with van der Waals surface area (Å²) in [7, 11) is 1.65. The molecule has 4 heteroatoms. The van der Waals surface area contributed by atoms with Crippen molar-refractivity contribution in [3.63, 3.8) is 0 Å². The Morgan fingerprint density at radius 2 is 1.85 bits per heavy atom. The van der Waals surface area contributed by atoms with Crippen LogP contribution in [0.5, 0.6) is 5.75 Å². The van der Waals surface area contributed by atoms with Gasteiger partial charge in [0.1, 0.15) is 5.75 Å². The fourth-order valence-corrected chi connectivity index (χ4v) is 6.50. The molecule has 1 aromatic rings. The molecule has 4 bridgehead atoms. The highest BCUT2D eigenvalue weighted by atomic mass is 79.9. The van der Waals surface area contributed by atoms with Gasteiger partial charge in [0.25, 0.3) is 0 Å². The molecular weight excluding hydrogens is 390 g/mol. The lowest BCUT2D eigenvalue weighted by molar-refractivity contribution is -0.121. The van der Waals surface area contributed by atoms with Crippen molar-refractivity contribution in [3.8, 4) is 5.75 Å². The minimum atomic E-state index is -0.00438. The van der Waals surface area contributed by atoms with Gasteiger partial charge in [-0.15, -0.1) is 0 Å². The summed E-state index contributed by atoms with van der Waals surface area (Å²) in [5, 5.41) is 3.28. The van der Waals surface area contributed by atoms with E-state index in [4.69, 9.17) is 4.74 Å². The van der Waals surface area contributed by atoms with Crippen LogP contribution in [0.1, 0.15) is 51.0 Å². The molecule has 0 aliphatic heterocycles. The predicted octanol–water partition coefficient (Wildman–Crippen LogP) is 5.19. The zero-order valence-corrected chi connectivity index (χ0v) is 17.2. The molecule has 1 amide bonds. The average molecular weight is 418 g/mol. The molecule has 4 aliphatic carbocycles. The summed E-state index contributed by atoms with van der Waals surface area (Å²) >= 11 is 3.47. The van der Waals surface area contributed by atoms with E-state index in [-0.39, 0.29) is 11.9 Å². The maximum atomic E-state index is 12.6. The summed E-state index contributed by atoms with van der Waals surface area (Å²) in [6.07, 6.45) is 11.7. The Kier molecular flexibility index (Phi) is 4.89. The molecular formula is C22H28BrNO2. The molecule has 0 unspecified atom stereocenters. The number of benzene rings is 1. The van der Waals surface area contributed by atoms with E-state index in [0.29, 0.717) is 5.41 Å². The fourth-order valence-electron chi connectivity index (χ4n) is 6.12. The first-order chi connectivity index (χ1) is 12.5. The van der Waals surface area contributed by atoms with Gasteiger partial charge in [-0.25, -0.2) is 0 Å². The second-order valence-corrected chi connectivity index (χ2v) is 9.65. The third kappa shape index (κ3) is 3.45. The van der Waals surface area contributed by atoms with Crippen molar-refractivity contribution in [1.82, 2.24) is 5.32 Å². The normalized spacial score (nSPS) is 33.4. The first-order valence-corrected chi connectivity index (χ1v) is 10.6. The molecule has 0 radical (unpaired) electrons. The number of carbonyl (C=O) groups is 1. The first-order valence-electron chi connectivity index (χ1n) is 9.79. The molecule has 5 rings (SSSR count). The van der Waals surface area contributed by atoms with Crippen molar-refractivity contribution in [1.29, 1.82) is 0 Å². The van der Waals surface area contributed by atoms with Gasteiger partial charge in [0.15, 0.2) is 0 Å². The van der Waals surface area contributed by atoms with E-state index in [9.17, 15) is 4.79 Å². The summed E-state index contributed by atoms with van der Waals surface area (Å²) in [6.45, 7) is 2.22. The third-order valence-corrected chi connectivity index (χ3v) is 7.46. The van der Waals surface area contributed by atoms with Gasteiger partial charge in [-0.3, -0.25) is 4.79 Å². The Morgan fingerprint density at radius 3 is 2.42 bits per heavy atom. The van der Waals surface area contributed by atoms with Gasteiger partial charge in [0, 0.05) is 22.2 Å². The lowest BCUT2D eigenvalue weighted by atomic mass is 9.48. The van der Waals surface area contributed by atoms with Gasteiger partial charge in [-0.1, -0.05) is 15.9 Å². The largest absolute Gasteiger partial charge is 0.496 e. The van der Waals surface area contributed by atoms with Gasteiger partial charge in [0.05, 0.1) is 7.11 Å². The predicted molar refractivity (Wildman–Crippen MR) is 108 cm³/mol. The number of nitrogens with one attached hydrogen (secondary N) is 1. The lowest BCUT2D eigenvalue weighted by Gasteiger charge is -2.59. The molecule has 0 heterocycles. The smallest absolute Gasteiger partial charge is 0.244 e. The molecule has 1 atom stereocenters. The zero-order valence-electron chi connectivity index (χ0n) is 15.6. The molecule has 26 heavy (non-hydrogen) atoms. The van der Waals surface area contributed by atoms with E-state index < -0.39 is 0 Å². The molecule has 3 nitrogen and oxygen atoms in total. The van der Waals surface area contributed by atoms with Crippen molar-refractivity contribution >= 4 is 27.9 Å². The number of rotatable bonds is 5. The van der Waals surface area contributed by atoms with Crippen LogP contribution in [0.3, 0.4) is 0 Å². The molecule has 4 saturated carbocycles. The Hall–Kier alpha value is -1.29. The zero-order chi connectivity index (χ0) is 18.3. The van der Waals surface area contributed by atoms with Crippen molar-refractivity contribution in [2.45, 2.75) is 51.5 Å². The van der Waals surface area contributed by atoms with Gasteiger partial charge >= 0.3 is 0 Å². The van der Waals surface area contributed by atoms with Crippen LogP contribution in [0, 0.1) is 23.2 Å². The maximum Gasteiger partial charge on any atom is 0.244 e. The SMILES string of the molecule is COc1ccc(Br)cc1/C=C/C(=O)N[C@H](C)C12CC3CC(CC(C3)C1)C2. The van der Waals surface area contributed by atoms with E-state index in [1.54, 1.807) is 13.2 Å².